The summed E-state index contributed by atoms with van der Waals surface area (Å²) in [6.07, 6.45) is 5.58. The van der Waals surface area contributed by atoms with Crippen molar-refractivity contribution in [2.45, 2.75) is 38.9 Å². The second kappa shape index (κ2) is 11.7. The van der Waals surface area contributed by atoms with E-state index in [4.69, 9.17) is 0 Å². The van der Waals surface area contributed by atoms with Crippen LogP contribution in [-0.2, 0) is 17.9 Å². The van der Waals surface area contributed by atoms with E-state index in [1.165, 1.54) is 11.1 Å². The van der Waals surface area contributed by atoms with Gasteiger partial charge in [0, 0.05) is 61.6 Å². The molecule has 6 nitrogen and oxygen atoms in total. The first kappa shape index (κ1) is 25.2. The number of hydrogen-bond donors (Lipinski definition) is 1. The van der Waals surface area contributed by atoms with Crippen LogP contribution >= 0.6 is 30.3 Å². The number of benzene rings is 2. The van der Waals surface area contributed by atoms with Gasteiger partial charge in [-0.25, -0.2) is 9.97 Å². The molecule has 0 radical (unpaired) electrons. The number of rotatable bonds is 10. The minimum absolute atomic E-state index is 0.0461. The molecule has 0 saturated heterocycles. The first-order chi connectivity index (χ1) is 17.6. The van der Waals surface area contributed by atoms with Gasteiger partial charge in [0.2, 0.25) is 0 Å². The molecule has 0 spiro atoms. The van der Waals surface area contributed by atoms with Crippen molar-refractivity contribution in [3.05, 3.63) is 90.3 Å². The normalized spacial score (nSPS) is 19.7. The summed E-state index contributed by atoms with van der Waals surface area (Å²) in [7, 11) is 1.55. The fraction of sp³-hybridized carbons (Fsp3) is 0.321. The maximum Gasteiger partial charge on any atom is 0.169 e. The monoisotopic (exact) mass is 611 g/mol. The van der Waals surface area contributed by atoms with Crippen LogP contribution in [0, 0.1) is 11.8 Å². The predicted molar refractivity (Wildman–Crippen MR) is 156 cm³/mol. The van der Waals surface area contributed by atoms with Gasteiger partial charge in [-0.2, -0.15) is 0 Å². The van der Waals surface area contributed by atoms with Crippen molar-refractivity contribution in [1.29, 1.82) is 0 Å². The van der Waals surface area contributed by atoms with Gasteiger partial charge in [-0.15, -0.1) is 0 Å². The minimum Gasteiger partial charge on any atom is -0.362 e. The Hall–Kier alpha value is -2.43. The van der Waals surface area contributed by atoms with Crippen LogP contribution in [0.5, 0.6) is 0 Å². The standard InChI is InChI=1S/C28H30IN5OS/c1-20-14-23(33(18-21-8-4-2-5-9-21)19-22-10-6-3-7-11-22)15-24(20)26(35)16-30-27-17-31-28-25(32-27)12-13-34(28)36-29/h2-13,17,20,23-24H,14-16,18-19H2,1H3,(H,30,32)/t20-,23+,24+/m1/s1. The summed E-state index contributed by atoms with van der Waals surface area (Å²) in [5, 5.41) is 3.23. The third kappa shape index (κ3) is 5.92. The Morgan fingerprint density at radius 1 is 1.06 bits per heavy atom. The highest BCUT2D eigenvalue weighted by Gasteiger charge is 2.38. The number of nitrogens with one attached hydrogen (secondary N) is 1. The molecule has 2 aromatic carbocycles. The third-order valence-corrected chi connectivity index (χ3v) is 8.83. The number of anilines is 1. The minimum atomic E-state index is 0.0461. The van der Waals surface area contributed by atoms with Crippen LogP contribution in [0.4, 0.5) is 5.82 Å². The molecule has 3 atom stereocenters. The lowest BCUT2D eigenvalue weighted by atomic mass is 9.93. The summed E-state index contributed by atoms with van der Waals surface area (Å²) < 4.78 is 1.97. The van der Waals surface area contributed by atoms with E-state index in [-0.39, 0.29) is 18.2 Å². The van der Waals surface area contributed by atoms with Crippen LogP contribution in [-0.4, -0.2) is 37.2 Å². The van der Waals surface area contributed by atoms with Crippen molar-refractivity contribution in [2.24, 2.45) is 11.8 Å². The third-order valence-electron chi connectivity index (χ3n) is 7.12. The van der Waals surface area contributed by atoms with Gasteiger partial charge in [0.1, 0.15) is 11.3 Å². The van der Waals surface area contributed by atoms with E-state index in [2.05, 4.69) is 109 Å². The molecule has 5 rings (SSSR count). The molecule has 186 valence electrons. The summed E-state index contributed by atoms with van der Waals surface area (Å²) in [4.78, 5) is 25.0. The smallest absolute Gasteiger partial charge is 0.169 e. The molecule has 2 aromatic heterocycles. The number of fused-ring (bicyclic) bond motifs is 1. The Morgan fingerprint density at radius 2 is 1.72 bits per heavy atom. The number of aromatic nitrogens is 3. The molecule has 1 aliphatic carbocycles. The van der Waals surface area contributed by atoms with E-state index in [9.17, 15) is 4.79 Å². The Bertz CT molecular complexity index is 1260. The Labute approximate surface area is 228 Å². The van der Waals surface area contributed by atoms with Crippen LogP contribution < -0.4 is 5.32 Å². The number of Topliss-reactive ketones (excluding diaryl/α,β-unsaturated/α-hetero) is 1. The van der Waals surface area contributed by atoms with Crippen LogP contribution in [0.15, 0.2) is 79.1 Å². The van der Waals surface area contributed by atoms with E-state index >= 15 is 0 Å². The predicted octanol–water partition coefficient (Wildman–Crippen LogP) is 6.38. The number of halogens is 1. The Morgan fingerprint density at radius 3 is 2.36 bits per heavy atom. The van der Waals surface area contributed by atoms with Gasteiger partial charge in [-0.3, -0.25) is 13.7 Å². The maximum atomic E-state index is 13.3. The van der Waals surface area contributed by atoms with Gasteiger partial charge in [-0.1, -0.05) is 67.6 Å². The summed E-state index contributed by atoms with van der Waals surface area (Å²) in [6, 6.07) is 23.6. The summed E-state index contributed by atoms with van der Waals surface area (Å²) in [6.45, 7) is 4.27. The van der Waals surface area contributed by atoms with E-state index in [1.807, 2.05) is 16.2 Å². The highest BCUT2D eigenvalue weighted by molar-refractivity contribution is 14.2. The average molecular weight is 612 g/mol. The van der Waals surface area contributed by atoms with Gasteiger partial charge in [0.15, 0.2) is 11.4 Å². The molecule has 0 aliphatic heterocycles. The molecule has 0 bridgehead atoms. The molecule has 2 heterocycles. The number of carbonyl (C=O) groups is 1. The zero-order valence-corrected chi connectivity index (χ0v) is 23.2. The van der Waals surface area contributed by atoms with E-state index < -0.39 is 0 Å². The summed E-state index contributed by atoms with van der Waals surface area (Å²) >= 11 is 2.22. The lowest BCUT2D eigenvalue weighted by Gasteiger charge is -2.29. The van der Waals surface area contributed by atoms with Gasteiger partial charge in [0.05, 0.1) is 12.7 Å². The average Bonchev–Trinajstić information content (AvgIpc) is 3.51. The number of hydrogen-bond acceptors (Lipinski definition) is 6. The topological polar surface area (TPSA) is 63.1 Å². The van der Waals surface area contributed by atoms with Gasteiger partial charge in [0.25, 0.3) is 0 Å². The lowest BCUT2D eigenvalue weighted by molar-refractivity contribution is -0.122. The Balaban J connectivity index is 1.24. The largest absolute Gasteiger partial charge is 0.362 e. The molecule has 1 N–H and O–H groups in total. The van der Waals surface area contributed by atoms with Gasteiger partial charge >= 0.3 is 0 Å². The SMILES string of the molecule is C[C@@H]1C[C@H](N(Cc2ccccc2)Cc2ccccc2)C[C@@H]1C(=O)CNc1cnc2c(ccn2SI)n1. The highest BCUT2D eigenvalue weighted by atomic mass is 127. The molecule has 0 unspecified atom stereocenters. The van der Waals surface area contributed by atoms with Crippen molar-refractivity contribution in [3.8, 4) is 0 Å². The van der Waals surface area contributed by atoms with Crippen LogP contribution in [0.25, 0.3) is 11.2 Å². The first-order valence-electron chi connectivity index (χ1n) is 12.3. The zero-order chi connectivity index (χ0) is 24.9. The highest BCUT2D eigenvalue weighted by Crippen LogP contribution is 2.36. The van der Waals surface area contributed by atoms with Crippen molar-refractivity contribution in [3.63, 3.8) is 0 Å². The lowest BCUT2D eigenvalue weighted by Crippen LogP contribution is -2.33. The van der Waals surface area contributed by atoms with E-state index in [0.29, 0.717) is 17.8 Å². The Kier molecular flexibility index (Phi) is 8.23. The maximum absolute atomic E-state index is 13.3. The molecule has 1 aliphatic rings. The van der Waals surface area contributed by atoms with Crippen molar-refractivity contribution < 1.29 is 4.79 Å². The fourth-order valence-corrected chi connectivity index (χ4v) is 6.52. The molecule has 1 fully saturated rings. The summed E-state index contributed by atoms with van der Waals surface area (Å²) in [5.41, 5.74) is 4.27. The van der Waals surface area contributed by atoms with Crippen LogP contribution in [0.3, 0.4) is 0 Å². The zero-order valence-electron chi connectivity index (χ0n) is 20.3. The van der Waals surface area contributed by atoms with Crippen molar-refractivity contribution in [1.82, 2.24) is 18.8 Å². The van der Waals surface area contributed by atoms with Gasteiger partial charge < -0.3 is 5.32 Å². The van der Waals surface area contributed by atoms with Gasteiger partial charge in [-0.05, 0) is 36.0 Å². The number of nitrogens with zero attached hydrogens (tertiary/aromatic N) is 4. The molecule has 36 heavy (non-hydrogen) atoms. The second-order valence-electron chi connectivity index (χ2n) is 9.58. The van der Waals surface area contributed by atoms with E-state index in [1.54, 1.807) is 15.3 Å². The van der Waals surface area contributed by atoms with Crippen molar-refractivity contribution in [2.75, 3.05) is 11.9 Å². The first-order valence-corrected chi connectivity index (χ1v) is 15.6. The van der Waals surface area contributed by atoms with Crippen LogP contribution in [0.2, 0.25) is 0 Å². The molecular formula is C28H30IN5OS. The number of carbonyl (C=O) groups excluding carboxylic acids is 1. The second-order valence-corrected chi connectivity index (χ2v) is 11.3. The summed E-state index contributed by atoms with van der Waals surface area (Å²) in [5.74, 6) is 1.29. The molecule has 8 heteroatoms. The molecule has 1 saturated carbocycles. The molecular weight excluding hydrogens is 581 g/mol. The quantitative estimate of drug-likeness (QED) is 0.210. The van der Waals surface area contributed by atoms with Crippen molar-refractivity contribution >= 4 is 53.1 Å². The molecule has 4 aromatic rings. The molecule has 0 amide bonds. The van der Waals surface area contributed by atoms with E-state index in [0.717, 1.165) is 37.1 Å². The number of ketones is 1. The fourth-order valence-electron chi connectivity index (χ4n) is 5.25. The van der Waals surface area contributed by atoms with Crippen LogP contribution in [0.1, 0.15) is 30.9 Å².